The van der Waals surface area contributed by atoms with Gasteiger partial charge in [-0.15, -0.1) is 6.42 Å². The molecule has 4 aliphatic heterocycles. The van der Waals surface area contributed by atoms with Gasteiger partial charge >= 0.3 is 13.1 Å². The molecule has 3 aromatic carbocycles. The van der Waals surface area contributed by atoms with Crippen LogP contribution in [0, 0.1) is 29.8 Å². The molecule has 5 heterocycles. The van der Waals surface area contributed by atoms with Crippen molar-refractivity contribution in [2.24, 2.45) is 0 Å². The molecule has 3 saturated heterocycles. The van der Waals surface area contributed by atoms with Crippen molar-refractivity contribution in [3.05, 3.63) is 77.0 Å². The van der Waals surface area contributed by atoms with Crippen molar-refractivity contribution in [2.45, 2.75) is 36.9 Å². The van der Waals surface area contributed by atoms with E-state index in [1.807, 2.05) is 4.90 Å². The number of piperazine rings is 1. The topological polar surface area (TPSA) is 120 Å². The third-order valence-electron chi connectivity index (χ3n) is 10.0. The van der Waals surface area contributed by atoms with Crippen LogP contribution in [0.15, 0.2) is 54.0 Å². The summed E-state index contributed by atoms with van der Waals surface area (Å²) in [6.45, 7) is 2.64. The highest BCUT2D eigenvalue weighted by molar-refractivity contribution is 6.47. The van der Waals surface area contributed by atoms with E-state index in [0.29, 0.717) is 37.3 Å². The lowest BCUT2D eigenvalue weighted by Gasteiger charge is -2.35. The van der Waals surface area contributed by atoms with Gasteiger partial charge in [0.1, 0.15) is 29.6 Å². The molecule has 4 aromatic rings. The van der Waals surface area contributed by atoms with Crippen LogP contribution in [0.3, 0.4) is 0 Å². The number of nitrogens with two attached hydrogens (primary N) is 1. The first-order chi connectivity index (χ1) is 23.1. The predicted molar refractivity (Wildman–Crippen MR) is 179 cm³/mol. The van der Waals surface area contributed by atoms with Crippen molar-refractivity contribution in [3.63, 3.8) is 0 Å². The largest absolute Gasteiger partial charge is 0.480 e. The molecule has 8 rings (SSSR count). The molecule has 3 fully saturated rings. The number of rotatable bonds is 6. The number of benzene rings is 3. The van der Waals surface area contributed by atoms with E-state index in [2.05, 4.69) is 33.3 Å². The molecule has 1 aromatic heterocycles. The zero-order valence-electron chi connectivity index (χ0n) is 25.9. The van der Waals surface area contributed by atoms with Gasteiger partial charge in [-0.1, -0.05) is 35.7 Å². The van der Waals surface area contributed by atoms with E-state index in [0.717, 1.165) is 25.0 Å². The molecule has 3 atom stereocenters. The van der Waals surface area contributed by atoms with Gasteiger partial charge in [-0.3, -0.25) is 4.90 Å². The molecule has 2 unspecified atom stereocenters. The van der Waals surface area contributed by atoms with Crippen LogP contribution in [0.5, 0.6) is 6.01 Å². The van der Waals surface area contributed by atoms with E-state index in [-0.39, 0.29) is 57.8 Å². The highest BCUT2D eigenvalue weighted by Crippen LogP contribution is 2.43. The molecule has 0 radical (unpaired) electrons. The molecule has 2 bridgehead atoms. The maximum absolute atomic E-state index is 17.0. The van der Waals surface area contributed by atoms with E-state index in [1.54, 1.807) is 6.07 Å². The number of halogens is 3. The fourth-order valence-electron chi connectivity index (χ4n) is 8.02. The number of fused-ring (bicyclic) bond motifs is 5. The summed E-state index contributed by atoms with van der Waals surface area (Å²) < 4.78 is 54.4. The fraction of sp³-hybridized carbons (Fsp3) is 0.314. The molecule has 0 amide bonds. The lowest BCUT2D eigenvalue weighted by molar-refractivity contribution is 0.108. The minimum Gasteiger partial charge on any atom is -0.461 e. The quantitative estimate of drug-likeness (QED) is 0.107. The number of nitrogens with one attached hydrogen (secondary N) is 1. The Balaban J connectivity index is 1.27. The Morgan fingerprint density at radius 2 is 1.92 bits per heavy atom. The zero-order chi connectivity index (χ0) is 33.3. The average Bonchev–Trinajstić information content (AvgIpc) is 3.70. The Labute approximate surface area is 275 Å². The normalized spacial score (nSPS) is 24.2. The number of aromatic nitrogens is 2. The molecule has 244 valence electrons. The number of ether oxygens (including phenoxy) is 1. The van der Waals surface area contributed by atoms with Crippen LogP contribution in [0.4, 0.5) is 24.7 Å². The van der Waals surface area contributed by atoms with Crippen molar-refractivity contribution >= 4 is 40.3 Å². The molecular weight excluding hydrogens is 620 g/mol. The lowest BCUT2D eigenvalue weighted by atomic mass is 9.85. The van der Waals surface area contributed by atoms with Crippen LogP contribution in [-0.2, 0) is 0 Å². The lowest BCUT2D eigenvalue weighted by Crippen LogP contribution is -2.52. The summed E-state index contributed by atoms with van der Waals surface area (Å²) in [4.78, 5) is 13.5. The second-order valence-electron chi connectivity index (χ2n) is 13.1. The van der Waals surface area contributed by atoms with Crippen molar-refractivity contribution in [2.75, 3.05) is 43.4 Å². The third-order valence-corrected chi connectivity index (χ3v) is 10.0. The summed E-state index contributed by atoms with van der Waals surface area (Å²) in [6.07, 6.45) is 12.2. The zero-order valence-corrected chi connectivity index (χ0v) is 25.9. The van der Waals surface area contributed by atoms with Gasteiger partial charge in [0.25, 0.3) is 0 Å². The van der Waals surface area contributed by atoms with Gasteiger partial charge in [-0.05, 0) is 61.0 Å². The summed E-state index contributed by atoms with van der Waals surface area (Å²) in [5.41, 5.74) is 6.18. The van der Waals surface area contributed by atoms with Crippen LogP contribution >= 0.6 is 0 Å². The van der Waals surface area contributed by atoms with Crippen LogP contribution in [-0.4, -0.2) is 82.4 Å². The van der Waals surface area contributed by atoms with Gasteiger partial charge in [-0.25, -0.2) is 13.2 Å². The SMILES string of the molecule is C#Cc1c(F)ccc2cc(N)cc(-c3c(F)cc4c(N5CC6C=CC(C5)N6)nc(OC[C@]56CCCN5C/C(=C/B(O)O)C6)nc4c3F)c12. The fourth-order valence-corrected chi connectivity index (χ4v) is 8.02. The van der Waals surface area contributed by atoms with E-state index in [4.69, 9.17) is 21.9 Å². The third kappa shape index (κ3) is 5.07. The average molecular weight is 652 g/mol. The molecule has 4 aliphatic rings. The maximum atomic E-state index is 17.0. The van der Waals surface area contributed by atoms with Gasteiger partial charge in [0, 0.05) is 48.2 Å². The van der Waals surface area contributed by atoms with Crippen molar-refractivity contribution in [1.82, 2.24) is 20.2 Å². The number of hydrogen-bond acceptors (Lipinski definition) is 9. The minimum absolute atomic E-state index is 0.0122. The molecule has 5 N–H and O–H groups in total. The van der Waals surface area contributed by atoms with Crippen LogP contribution < -0.4 is 20.7 Å². The molecule has 0 aliphatic carbocycles. The summed E-state index contributed by atoms with van der Waals surface area (Å²) >= 11 is 0. The van der Waals surface area contributed by atoms with E-state index in [9.17, 15) is 14.4 Å². The van der Waals surface area contributed by atoms with Crippen molar-refractivity contribution in [3.8, 4) is 29.5 Å². The van der Waals surface area contributed by atoms with Crippen LogP contribution in [0.25, 0.3) is 32.8 Å². The minimum atomic E-state index is -1.55. The van der Waals surface area contributed by atoms with Crippen molar-refractivity contribution < 1.29 is 28.0 Å². The van der Waals surface area contributed by atoms with Gasteiger partial charge in [0.05, 0.1) is 16.7 Å². The van der Waals surface area contributed by atoms with E-state index >= 15 is 8.78 Å². The smallest absolute Gasteiger partial charge is 0.461 e. The van der Waals surface area contributed by atoms with Gasteiger partial charge in [0.2, 0.25) is 0 Å². The number of anilines is 2. The summed E-state index contributed by atoms with van der Waals surface area (Å²) in [5.74, 6) is 1.55. The van der Waals surface area contributed by atoms with Gasteiger partial charge < -0.3 is 30.7 Å². The number of nitrogen functional groups attached to an aromatic ring is 1. The molecule has 13 heteroatoms. The summed E-state index contributed by atoms with van der Waals surface area (Å²) in [6, 6.07) is 6.85. The van der Waals surface area contributed by atoms with E-state index < -0.39 is 35.7 Å². The molecule has 48 heavy (non-hydrogen) atoms. The Morgan fingerprint density at radius 3 is 2.67 bits per heavy atom. The van der Waals surface area contributed by atoms with Crippen LogP contribution in [0.2, 0.25) is 0 Å². The molecule has 9 nitrogen and oxygen atoms in total. The van der Waals surface area contributed by atoms with Crippen LogP contribution in [0.1, 0.15) is 24.8 Å². The second-order valence-corrected chi connectivity index (χ2v) is 13.1. The highest BCUT2D eigenvalue weighted by Gasteiger charge is 2.47. The first-order valence-electron chi connectivity index (χ1n) is 15.9. The first kappa shape index (κ1) is 30.7. The number of hydrogen-bond donors (Lipinski definition) is 4. The highest BCUT2D eigenvalue weighted by atomic mass is 19.1. The Bertz CT molecular complexity index is 2090. The standard InChI is InChI=1S/C35H32BF3N6O3/c1-2-24-27(37)7-4-20-10-21(40)11-25(29(20)24)30-28(38)12-26-32(31(30)39)42-34(43-33(26)44-16-22-5-6-23(17-44)41-22)48-18-35-8-3-9-45(35)15-19(13-35)14-36(46)47/h1,4-7,10-12,14,22-23,41,46-47H,3,8-9,13,15-18,40H2/b19-14+/t22?,23?,35-/m1/s1. The van der Waals surface area contributed by atoms with Gasteiger partial charge in [0.15, 0.2) is 5.82 Å². The Morgan fingerprint density at radius 1 is 1.12 bits per heavy atom. The molecular formula is C35H32BF3N6O3. The summed E-state index contributed by atoms with van der Waals surface area (Å²) in [7, 11) is -1.55. The predicted octanol–water partition coefficient (Wildman–Crippen LogP) is 3.70. The monoisotopic (exact) mass is 652 g/mol. The number of terminal acetylenes is 1. The Kier molecular flexibility index (Phi) is 7.37. The first-order valence-corrected chi connectivity index (χ1v) is 15.9. The maximum Gasteiger partial charge on any atom is 0.480 e. The van der Waals surface area contributed by atoms with E-state index in [1.165, 1.54) is 30.2 Å². The van der Waals surface area contributed by atoms with Crippen molar-refractivity contribution in [1.29, 1.82) is 0 Å². The summed E-state index contributed by atoms with van der Waals surface area (Å²) in [5, 5.41) is 23.3. The van der Waals surface area contributed by atoms with Gasteiger partial charge in [-0.2, -0.15) is 9.97 Å². The number of nitrogens with zero attached hydrogens (tertiary/aromatic N) is 4. The molecule has 0 spiro atoms. The Hall–Kier alpha value is -4.61. The second kappa shape index (κ2) is 11.5. The molecule has 0 saturated carbocycles.